The first kappa shape index (κ1) is 15.9. The monoisotopic (exact) mass is 293 g/mol. The number of nitrogens with zero attached hydrogens (tertiary/aromatic N) is 1. The van der Waals surface area contributed by atoms with E-state index in [2.05, 4.69) is 10.6 Å². The predicted octanol–water partition coefficient (Wildman–Crippen LogP) is 1.54. The molecule has 0 aromatic heterocycles. The Hall–Kier alpha value is -1.46. The van der Waals surface area contributed by atoms with Gasteiger partial charge in [0, 0.05) is 13.1 Å². The molecule has 0 bridgehead atoms. The van der Waals surface area contributed by atoms with Gasteiger partial charge in [-0.3, -0.25) is 4.79 Å². The first-order chi connectivity index (χ1) is 10.1. The van der Waals surface area contributed by atoms with Crippen LogP contribution in [-0.2, 0) is 4.79 Å². The topological polar surface area (TPSA) is 44.4 Å². The molecule has 2 atom stereocenters. The lowest BCUT2D eigenvalue weighted by Crippen LogP contribution is -2.43. The van der Waals surface area contributed by atoms with E-state index >= 15 is 0 Å². The summed E-state index contributed by atoms with van der Waals surface area (Å²) >= 11 is 0. The Balaban J connectivity index is 1.93. The van der Waals surface area contributed by atoms with Crippen LogP contribution in [0.25, 0.3) is 0 Å². The van der Waals surface area contributed by atoms with E-state index in [4.69, 9.17) is 0 Å². The van der Waals surface area contributed by atoms with Crippen LogP contribution in [0.15, 0.2) is 24.3 Å². The Bertz CT molecular complexity index is 455. The average molecular weight is 293 g/mol. The van der Waals surface area contributed by atoms with Gasteiger partial charge in [0.1, 0.15) is 5.82 Å². The quantitative estimate of drug-likeness (QED) is 0.865. The van der Waals surface area contributed by atoms with E-state index in [-0.39, 0.29) is 23.7 Å². The second kappa shape index (κ2) is 7.52. The van der Waals surface area contributed by atoms with Gasteiger partial charge in [-0.2, -0.15) is 0 Å². The third kappa shape index (κ3) is 4.51. The first-order valence-corrected chi connectivity index (χ1v) is 7.48. The van der Waals surface area contributed by atoms with Crippen LogP contribution in [0, 0.1) is 11.7 Å². The summed E-state index contributed by atoms with van der Waals surface area (Å²) < 4.78 is 13.0. The highest BCUT2D eigenvalue weighted by molar-refractivity contribution is 5.79. The smallest absolute Gasteiger partial charge is 0.224 e. The number of amides is 1. The molecule has 1 amide bonds. The lowest BCUT2D eigenvalue weighted by atomic mass is 9.98. The van der Waals surface area contributed by atoms with Gasteiger partial charge in [-0.25, -0.2) is 4.39 Å². The van der Waals surface area contributed by atoms with E-state index in [0.29, 0.717) is 6.54 Å². The molecule has 2 unspecified atom stereocenters. The number of nitrogens with one attached hydrogen (secondary N) is 2. The molecule has 4 nitrogen and oxygen atoms in total. The summed E-state index contributed by atoms with van der Waals surface area (Å²) in [6.45, 7) is 2.29. The number of halogens is 1. The summed E-state index contributed by atoms with van der Waals surface area (Å²) in [4.78, 5) is 14.2. The third-order valence-electron chi connectivity index (χ3n) is 4.02. The molecule has 2 rings (SSSR count). The fourth-order valence-corrected chi connectivity index (χ4v) is 2.70. The lowest BCUT2D eigenvalue weighted by Gasteiger charge is -2.27. The number of carbonyl (C=O) groups excluding carboxylic acids is 1. The molecular formula is C16H24FN3O. The molecule has 1 heterocycles. The predicted molar refractivity (Wildman–Crippen MR) is 81.4 cm³/mol. The molecule has 1 fully saturated rings. The van der Waals surface area contributed by atoms with Crippen LogP contribution in [-0.4, -0.2) is 44.5 Å². The summed E-state index contributed by atoms with van der Waals surface area (Å²) in [6.07, 6.45) is 2.00. The van der Waals surface area contributed by atoms with Gasteiger partial charge in [0.05, 0.1) is 12.0 Å². The van der Waals surface area contributed by atoms with Gasteiger partial charge in [-0.15, -0.1) is 0 Å². The van der Waals surface area contributed by atoms with Crippen molar-refractivity contribution in [1.82, 2.24) is 15.5 Å². The van der Waals surface area contributed by atoms with Crippen LogP contribution in [0.3, 0.4) is 0 Å². The van der Waals surface area contributed by atoms with E-state index in [1.807, 2.05) is 19.0 Å². The van der Waals surface area contributed by atoms with E-state index < -0.39 is 0 Å². The van der Waals surface area contributed by atoms with Gasteiger partial charge in [-0.05, 0) is 51.2 Å². The molecule has 0 saturated carbocycles. The summed E-state index contributed by atoms with van der Waals surface area (Å²) in [5, 5.41) is 6.28. The van der Waals surface area contributed by atoms with Crippen LogP contribution >= 0.6 is 0 Å². The highest BCUT2D eigenvalue weighted by Gasteiger charge is 2.22. The molecule has 0 radical (unpaired) electrons. The number of rotatable bonds is 5. The Morgan fingerprint density at radius 1 is 1.43 bits per heavy atom. The molecule has 1 aliphatic heterocycles. The van der Waals surface area contributed by atoms with E-state index in [1.54, 1.807) is 12.1 Å². The minimum absolute atomic E-state index is 0.0473. The van der Waals surface area contributed by atoms with Gasteiger partial charge in [0.15, 0.2) is 0 Å². The molecule has 0 spiro atoms. The van der Waals surface area contributed by atoms with Gasteiger partial charge < -0.3 is 15.5 Å². The highest BCUT2D eigenvalue weighted by Crippen LogP contribution is 2.18. The molecular weight excluding hydrogens is 269 g/mol. The van der Waals surface area contributed by atoms with Crippen LogP contribution in [0.1, 0.15) is 24.4 Å². The van der Waals surface area contributed by atoms with Crippen LogP contribution < -0.4 is 10.6 Å². The third-order valence-corrected chi connectivity index (χ3v) is 4.02. The molecule has 1 aromatic carbocycles. The van der Waals surface area contributed by atoms with Gasteiger partial charge >= 0.3 is 0 Å². The zero-order valence-corrected chi connectivity index (χ0v) is 12.7. The second-order valence-corrected chi connectivity index (χ2v) is 5.82. The molecule has 0 aliphatic carbocycles. The minimum atomic E-state index is -0.242. The Morgan fingerprint density at radius 2 is 2.14 bits per heavy atom. The van der Waals surface area contributed by atoms with Crippen LogP contribution in [0.2, 0.25) is 0 Å². The van der Waals surface area contributed by atoms with Crippen molar-refractivity contribution in [2.24, 2.45) is 5.92 Å². The van der Waals surface area contributed by atoms with Crippen molar-refractivity contribution >= 4 is 5.91 Å². The normalized spacial score (nSPS) is 20.3. The van der Waals surface area contributed by atoms with Gasteiger partial charge in [0.2, 0.25) is 5.91 Å². The van der Waals surface area contributed by atoms with Crippen molar-refractivity contribution in [3.05, 3.63) is 35.6 Å². The summed E-state index contributed by atoms with van der Waals surface area (Å²) in [7, 11) is 3.92. The number of piperidine rings is 1. The molecule has 21 heavy (non-hydrogen) atoms. The summed E-state index contributed by atoms with van der Waals surface area (Å²) in [5.74, 6) is -0.0699. The van der Waals surface area contributed by atoms with E-state index in [0.717, 1.165) is 31.5 Å². The number of benzene rings is 1. The standard InChI is InChI=1S/C16H24FN3O/c1-20(2)15(12-5-7-14(17)8-6-12)11-19-16(21)13-4-3-9-18-10-13/h5-8,13,15,18H,3-4,9-11H2,1-2H3,(H,19,21). The number of hydrogen-bond donors (Lipinski definition) is 2. The minimum Gasteiger partial charge on any atom is -0.354 e. The average Bonchev–Trinajstić information content (AvgIpc) is 2.49. The molecule has 2 N–H and O–H groups in total. The number of likely N-dealkylation sites (N-methyl/N-ethyl adjacent to an activating group) is 1. The van der Waals surface area contributed by atoms with Crippen LogP contribution in [0.5, 0.6) is 0 Å². The maximum absolute atomic E-state index is 13.0. The zero-order chi connectivity index (χ0) is 15.2. The fraction of sp³-hybridized carbons (Fsp3) is 0.562. The fourth-order valence-electron chi connectivity index (χ4n) is 2.70. The van der Waals surface area contributed by atoms with Crippen molar-refractivity contribution in [2.45, 2.75) is 18.9 Å². The molecule has 1 saturated heterocycles. The molecule has 5 heteroatoms. The van der Waals surface area contributed by atoms with E-state index in [1.165, 1.54) is 12.1 Å². The number of hydrogen-bond acceptors (Lipinski definition) is 3. The second-order valence-electron chi connectivity index (χ2n) is 5.82. The SMILES string of the molecule is CN(C)C(CNC(=O)C1CCCNC1)c1ccc(F)cc1. The highest BCUT2D eigenvalue weighted by atomic mass is 19.1. The maximum Gasteiger partial charge on any atom is 0.224 e. The molecule has 1 aliphatic rings. The van der Waals surface area contributed by atoms with Gasteiger partial charge in [-0.1, -0.05) is 12.1 Å². The van der Waals surface area contributed by atoms with Crippen molar-refractivity contribution in [3.63, 3.8) is 0 Å². The Labute approximate surface area is 125 Å². The largest absolute Gasteiger partial charge is 0.354 e. The zero-order valence-electron chi connectivity index (χ0n) is 12.7. The van der Waals surface area contributed by atoms with Gasteiger partial charge in [0.25, 0.3) is 0 Å². The maximum atomic E-state index is 13.0. The molecule has 116 valence electrons. The summed E-state index contributed by atoms with van der Waals surface area (Å²) in [6, 6.07) is 6.51. The van der Waals surface area contributed by atoms with Crippen molar-refractivity contribution in [2.75, 3.05) is 33.7 Å². The van der Waals surface area contributed by atoms with E-state index in [9.17, 15) is 9.18 Å². The number of carbonyl (C=O) groups is 1. The Kier molecular flexibility index (Phi) is 5.70. The Morgan fingerprint density at radius 3 is 2.71 bits per heavy atom. The van der Waals surface area contributed by atoms with Crippen molar-refractivity contribution in [3.8, 4) is 0 Å². The molecule has 1 aromatic rings. The first-order valence-electron chi connectivity index (χ1n) is 7.48. The van der Waals surface area contributed by atoms with Crippen molar-refractivity contribution < 1.29 is 9.18 Å². The lowest BCUT2D eigenvalue weighted by molar-refractivity contribution is -0.125. The van der Waals surface area contributed by atoms with Crippen LogP contribution in [0.4, 0.5) is 4.39 Å². The summed E-state index contributed by atoms with van der Waals surface area (Å²) in [5.41, 5.74) is 1.00. The van der Waals surface area contributed by atoms with Crippen molar-refractivity contribution in [1.29, 1.82) is 0 Å².